The number of hydrogen-bond acceptors (Lipinski definition) is 6. The topological polar surface area (TPSA) is 57.2 Å². The first-order valence-corrected chi connectivity index (χ1v) is 9.29. The van der Waals surface area contributed by atoms with E-state index in [2.05, 4.69) is 47.2 Å². The lowest BCUT2D eigenvalue weighted by Crippen LogP contribution is -2.25. The summed E-state index contributed by atoms with van der Waals surface area (Å²) in [5.41, 5.74) is 3.57. The molecule has 0 radical (unpaired) electrons. The quantitative estimate of drug-likeness (QED) is 0.877. The highest BCUT2D eigenvalue weighted by Crippen LogP contribution is 2.24. The van der Waals surface area contributed by atoms with Crippen molar-refractivity contribution in [3.05, 3.63) is 29.3 Å². The first-order chi connectivity index (χ1) is 12.2. The molecule has 2 aliphatic heterocycles. The molecule has 4 rings (SSSR count). The lowest BCUT2D eigenvalue weighted by molar-refractivity contribution is 0.841. The van der Waals surface area contributed by atoms with Crippen molar-refractivity contribution in [2.24, 2.45) is 0 Å². The van der Waals surface area contributed by atoms with E-state index in [1.807, 2.05) is 0 Å². The van der Waals surface area contributed by atoms with Crippen LogP contribution in [0.5, 0.6) is 0 Å². The zero-order valence-electron chi connectivity index (χ0n) is 15.5. The zero-order valence-corrected chi connectivity index (χ0v) is 16.3. The van der Waals surface area contributed by atoms with Crippen LogP contribution in [-0.4, -0.2) is 41.1 Å². The molecule has 2 fully saturated rings. The summed E-state index contributed by atoms with van der Waals surface area (Å²) < 4.78 is 0. The molecule has 140 valence electrons. The molecule has 1 aromatic carbocycles. The SMILES string of the molecule is Cc1ccc(Nc2nc(N3CCCC3)nc(N3CCCC3)n2)cc1C.Cl. The van der Waals surface area contributed by atoms with Crippen LogP contribution in [0, 0.1) is 13.8 Å². The highest BCUT2D eigenvalue weighted by molar-refractivity contribution is 5.85. The Labute approximate surface area is 161 Å². The molecule has 0 unspecified atom stereocenters. The molecule has 1 aromatic heterocycles. The number of nitrogens with zero attached hydrogens (tertiary/aromatic N) is 5. The van der Waals surface area contributed by atoms with Crippen LogP contribution in [0.1, 0.15) is 36.8 Å². The molecule has 6 nitrogen and oxygen atoms in total. The highest BCUT2D eigenvalue weighted by atomic mass is 35.5. The molecule has 0 bridgehead atoms. The Hall–Kier alpha value is -2.08. The van der Waals surface area contributed by atoms with Crippen molar-refractivity contribution < 1.29 is 0 Å². The monoisotopic (exact) mass is 374 g/mol. The van der Waals surface area contributed by atoms with E-state index in [1.165, 1.54) is 36.8 Å². The molecule has 0 aliphatic carbocycles. The summed E-state index contributed by atoms with van der Waals surface area (Å²) in [4.78, 5) is 18.7. The summed E-state index contributed by atoms with van der Waals surface area (Å²) in [6.07, 6.45) is 4.85. The van der Waals surface area contributed by atoms with E-state index < -0.39 is 0 Å². The summed E-state index contributed by atoms with van der Waals surface area (Å²) in [6, 6.07) is 6.35. The minimum Gasteiger partial charge on any atom is -0.341 e. The normalized spacial score (nSPS) is 16.7. The molecule has 0 saturated carbocycles. The van der Waals surface area contributed by atoms with Crippen LogP contribution in [-0.2, 0) is 0 Å². The number of aryl methyl sites for hydroxylation is 2. The van der Waals surface area contributed by atoms with Crippen LogP contribution >= 0.6 is 12.4 Å². The van der Waals surface area contributed by atoms with E-state index in [-0.39, 0.29) is 12.4 Å². The smallest absolute Gasteiger partial charge is 0.233 e. The van der Waals surface area contributed by atoms with Crippen molar-refractivity contribution in [1.29, 1.82) is 0 Å². The summed E-state index contributed by atoms with van der Waals surface area (Å²) in [5, 5.41) is 3.38. The van der Waals surface area contributed by atoms with Gasteiger partial charge in [0.25, 0.3) is 0 Å². The Kier molecular flexibility index (Phi) is 5.81. The Morgan fingerprint density at radius 2 is 1.31 bits per heavy atom. The van der Waals surface area contributed by atoms with Crippen LogP contribution in [0.4, 0.5) is 23.5 Å². The maximum atomic E-state index is 4.76. The van der Waals surface area contributed by atoms with Gasteiger partial charge in [-0.25, -0.2) is 0 Å². The van der Waals surface area contributed by atoms with Crippen molar-refractivity contribution in [2.45, 2.75) is 39.5 Å². The molecule has 3 heterocycles. The van der Waals surface area contributed by atoms with Crippen LogP contribution in [0.15, 0.2) is 18.2 Å². The molecule has 26 heavy (non-hydrogen) atoms. The zero-order chi connectivity index (χ0) is 17.2. The first kappa shape index (κ1) is 18.7. The van der Waals surface area contributed by atoms with E-state index >= 15 is 0 Å². The summed E-state index contributed by atoms with van der Waals surface area (Å²) in [5.74, 6) is 2.25. The van der Waals surface area contributed by atoms with Gasteiger partial charge in [0.1, 0.15) is 0 Å². The second-order valence-corrected chi connectivity index (χ2v) is 7.07. The van der Waals surface area contributed by atoms with Crippen molar-refractivity contribution in [3.8, 4) is 0 Å². The lowest BCUT2D eigenvalue weighted by atomic mass is 10.1. The van der Waals surface area contributed by atoms with E-state index in [4.69, 9.17) is 15.0 Å². The number of halogens is 1. The molecular weight excluding hydrogens is 348 g/mol. The van der Waals surface area contributed by atoms with E-state index in [9.17, 15) is 0 Å². The number of hydrogen-bond donors (Lipinski definition) is 1. The molecule has 2 aromatic rings. The average Bonchev–Trinajstić information content (AvgIpc) is 3.31. The summed E-state index contributed by atoms with van der Waals surface area (Å²) >= 11 is 0. The van der Waals surface area contributed by atoms with Crippen molar-refractivity contribution in [2.75, 3.05) is 41.3 Å². The van der Waals surface area contributed by atoms with Gasteiger partial charge in [-0.2, -0.15) is 15.0 Å². The highest BCUT2D eigenvalue weighted by Gasteiger charge is 2.21. The van der Waals surface area contributed by atoms with Gasteiger partial charge in [0.15, 0.2) is 0 Å². The van der Waals surface area contributed by atoms with Crippen LogP contribution in [0.25, 0.3) is 0 Å². The fourth-order valence-corrected chi connectivity index (χ4v) is 3.48. The predicted molar refractivity (Wildman–Crippen MR) is 109 cm³/mol. The largest absolute Gasteiger partial charge is 0.341 e. The fourth-order valence-electron chi connectivity index (χ4n) is 3.48. The maximum absolute atomic E-state index is 4.76. The van der Waals surface area contributed by atoms with Gasteiger partial charge < -0.3 is 15.1 Å². The number of benzene rings is 1. The molecule has 1 N–H and O–H groups in total. The van der Waals surface area contributed by atoms with E-state index in [1.54, 1.807) is 0 Å². The van der Waals surface area contributed by atoms with Gasteiger partial charge in [-0.3, -0.25) is 0 Å². The van der Waals surface area contributed by atoms with Crippen molar-refractivity contribution in [3.63, 3.8) is 0 Å². The van der Waals surface area contributed by atoms with Gasteiger partial charge >= 0.3 is 0 Å². The third-order valence-electron chi connectivity index (χ3n) is 5.15. The molecule has 0 spiro atoms. The standard InChI is InChI=1S/C19H26N6.ClH/c1-14-7-8-16(13-15(14)2)20-17-21-18(24-9-3-4-10-24)23-19(22-17)25-11-5-6-12-25;/h7-8,13H,3-6,9-12H2,1-2H3,(H,20,21,22,23);1H. The molecule has 0 atom stereocenters. The molecular formula is C19H27ClN6. The third-order valence-corrected chi connectivity index (χ3v) is 5.15. The Morgan fingerprint density at radius 3 is 1.81 bits per heavy atom. The minimum atomic E-state index is 0. The molecule has 2 aliphatic rings. The molecule has 7 heteroatoms. The maximum Gasteiger partial charge on any atom is 0.233 e. The van der Waals surface area contributed by atoms with Crippen LogP contribution < -0.4 is 15.1 Å². The van der Waals surface area contributed by atoms with Crippen molar-refractivity contribution >= 4 is 35.9 Å². The molecule has 2 saturated heterocycles. The second-order valence-electron chi connectivity index (χ2n) is 7.07. The fraction of sp³-hybridized carbons (Fsp3) is 0.526. The van der Waals surface area contributed by atoms with Gasteiger partial charge in [0, 0.05) is 31.9 Å². The van der Waals surface area contributed by atoms with Gasteiger partial charge in [-0.1, -0.05) is 6.07 Å². The number of anilines is 4. The second kappa shape index (κ2) is 8.08. The third kappa shape index (κ3) is 4.01. The van der Waals surface area contributed by atoms with Gasteiger partial charge in [-0.05, 0) is 62.8 Å². The Bertz CT molecular complexity index is 719. The molecule has 0 amide bonds. The number of rotatable bonds is 4. The van der Waals surface area contributed by atoms with Gasteiger partial charge in [-0.15, -0.1) is 12.4 Å². The predicted octanol–water partition coefficient (Wildman–Crippen LogP) is 3.85. The lowest BCUT2D eigenvalue weighted by Gasteiger charge is -2.21. The number of nitrogens with one attached hydrogen (secondary N) is 1. The minimum absolute atomic E-state index is 0. The van der Waals surface area contributed by atoms with Gasteiger partial charge in [0.05, 0.1) is 0 Å². The van der Waals surface area contributed by atoms with E-state index in [0.717, 1.165) is 43.8 Å². The van der Waals surface area contributed by atoms with Crippen molar-refractivity contribution in [1.82, 2.24) is 15.0 Å². The summed E-state index contributed by atoms with van der Waals surface area (Å²) in [7, 11) is 0. The van der Waals surface area contributed by atoms with Crippen LogP contribution in [0.3, 0.4) is 0 Å². The average molecular weight is 375 g/mol. The number of aromatic nitrogens is 3. The van der Waals surface area contributed by atoms with Gasteiger partial charge in [0.2, 0.25) is 17.8 Å². The van der Waals surface area contributed by atoms with Crippen LogP contribution in [0.2, 0.25) is 0 Å². The van der Waals surface area contributed by atoms with E-state index in [0.29, 0.717) is 5.95 Å². The Balaban J connectivity index is 0.00000196. The first-order valence-electron chi connectivity index (χ1n) is 9.29. The summed E-state index contributed by atoms with van der Waals surface area (Å²) in [6.45, 7) is 8.39. The Morgan fingerprint density at radius 1 is 0.769 bits per heavy atom.